The molecule has 2 unspecified atom stereocenters. The number of nitrogens with zero attached hydrogens (tertiary/aromatic N) is 2. The molecule has 2 heterocycles. The third-order valence-electron chi connectivity index (χ3n) is 3.48. The summed E-state index contributed by atoms with van der Waals surface area (Å²) in [6.45, 7) is 2.28. The lowest BCUT2D eigenvalue weighted by Crippen LogP contribution is -2.42. The molecule has 6 heteroatoms. The van der Waals surface area contributed by atoms with Gasteiger partial charge in [0.15, 0.2) is 0 Å². The Balaban J connectivity index is 1.71. The highest BCUT2D eigenvalue weighted by molar-refractivity contribution is 5.22. The van der Waals surface area contributed by atoms with Crippen molar-refractivity contribution >= 4 is 0 Å². The van der Waals surface area contributed by atoms with Crippen molar-refractivity contribution in [2.24, 2.45) is 0 Å². The molecule has 6 nitrogen and oxygen atoms in total. The lowest BCUT2D eigenvalue weighted by Gasteiger charge is -2.22. The van der Waals surface area contributed by atoms with Gasteiger partial charge in [-0.15, -0.1) is 0 Å². The molecule has 0 bridgehead atoms. The van der Waals surface area contributed by atoms with Crippen LogP contribution < -0.4 is 5.32 Å². The Bertz CT molecular complexity index is 552. The van der Waals surface area contributed by atoms with Gasteiger partial charge in [-0.25, -0.2) is 0 Å². The van der Waals surface area contributed by atoms with E-state index in [4.69, 9.17) is 14.0 Å². The Kier molecular flexibility index (Phi) is 4.59. The molecule has 1 N–H and O–H groups in total. The van der Waals surface area contributed by atoms with Gasteiger partial charge in [0, 0.05) is 26.1 Å². The average molecular weight is 289 g/mol. The van der Waals surface area contributed by atoms with Crippen molar-refractivity contribution < 1.29 is 14.0 Å². The van der Waals surface area contributed by atoms with Crippen molar-refractivity contribution in [2.45, 2.75) is 18.6 Å². The molecule has 1 aromatic carbocycles. The van der Waals surface area contributed by atoms with Gasteiger partial charge in [0.1, 0.15) is 6.10 Å². The van der Waals surface area contributed by atoms with Gasteiger partial charge in [0.2, 0.25) is 11.7 Å². The van der Waals surface area contributed by atoms with Gasteiger partial charge in [0.05, 0.1) is 13.2 Å². The molecule has 21 heavy (non-hydrogen) atoms. The second kappa shape index (κ2) is 6.80. The third kappa shape index (κ3) is 3.47. The van der Waals surface area contributed by atoms with Gasteiger partial charge < -0.3 is 19.3 Å². The fourth-order valence-electron chi connectivity index (χ4n) is 2.44. The molecule has 1 fully saturated rings. The van der Waals surface area contributed by atoms with Crippen molar-refractivity contribution in [1.29, 1.82) is 0 Å². The van der Waals surface area contributed by atoms with E-state index in [0.717, 1.165) is 18.7 Å². The Hall–Kier alpha value is -1.76. The summed E-state index contributed by atoms with van der Waals surface area (Å²) in [5.41, 5.74) is 1.01. The molecule has 2 atom stereocenters. The highest BCUT2D eigenvalue weighted by Gasteiger charge is 2.22. The van der Waals surface area contributed by atoms with Crippen molar-refractivity contribution in [3.05, 3.63) is 47.6 Å². The molecule has 2 aromatic rings. The molecule has 3 rings (SSSR count). The van der Waals surface area contributed by atoms with E-state index in [1.165, 1.54) is 0 Å². The SMILES string of the molecule is COC(c1ccccc1)c1noc(CC2COCCN2)n1. The van der Waals surface area contributed by atoms with Gasteiger partial charge in [-0.2, -0.15) is 4.98 Å². The summed E-state index contributed by atoms with van der Waals surface area (Å²) in [6.07, 6.45) is 0.359. The first-order valence-corrected chi connectivity index (χ1v) is 7.08. The zero-order valence-electron chi connectivity index (χ0n) is 12.0. The Morgan fingerprint density at radius 1 is 1.38 bits per heavy atom. The molecular formula is C15H19N3O3. The highest BCUT2D eigenvalue weighted by Crippen LogP contribution is 2.22. The summed E-state index contributed by atoms with van der Waals surface area (Å²) in [4.78, 5) is 4.45. The normalized spacial score (nSPS) is 20.3. The molecule has 0 amide bonds. The highest BCUT2D eigenvalue weighted by atomic mass is 16.5. The number of rotatable bonds is 5. The largest absolute Gasteiger partial charge is 0.378 e. The molecule has 1 aliphatic rings. The fraction of sp³-hybridized carbons (Fsp3) is 0.467. The Morgan fingerprint density at radius 2 is 2.24 bits per heavy atom. The summed E-state index contributed by atoms with van der Waals surface area (Å²) >= 11 is 0. The molecule has 1 aromatic heterocycles. The molecule has 112 valence electrons. The van der Waals surface area contributed by atoms with Crippen LogP contribution in [-0.4, -0.2) is 43.1 Å². The molecule has 0 radical (unpaired) electrons. The van der Waals surface area contributed by atoms with Crippen molar-refractivity contribution in [3.8, 4) is 0 Å². The van der Waals surface area contributed by atoms with Gasteiger partial charge in [-0.1, -0.05) is 35.5 Å². The van der Waals surface area contributed by atoms with E-state index in [0.29, 0.717) is 24.7 Å². The van der Waals surface area contributed by atoms with Crippen LogP contribution in [0.2, 0.25) is 0 Å². The summed E-state index contributed by atoms with van der Waals surface area (Å²) in [5.74, 6) is 1.15. The van der Waals surface area contributed by atoms with E-state index in [1.807, 2.05) is 30.3 Å². The maximum absolute atomic E-state index is 5.50. The van der Waals surface area contributed by atoms with Crippen LogP contribution >= 0.6 is 0 Å². The molecule has 0 aliphatic carbocycles. The number of aromatic nitrogens is 2. The van der Waals surface area contributed by atoms with Crippen LogP contribution in [-0.2, 0) is 15.9 Å². The Labute approximate surface area is 123 Å². The smallest absolute Gasteiger partial charge is 0.228 e. The van der Waals surface area contributed by atoms with Gasteiger partial charge >= 0.3 is 0 Å². The topological polar surface area (TPSA) is 69.4 Å². The second-order valence-electron chi connectivity index (χ2n) is 5.00. The number of nitrogens with one attached hydrogen (secondary N) is 1. The van der Waals surface area contributed by atoms with E-state index in [-0.39, 0.29) is 12.1 Å². The number of ether oxygens (including phenoxy) is 2. The monoisotopic (exact) mass is 289 g/mol. The molecular weight excluding hydrogens is 270 g/mol. The van der Waals surface area contributed by atoms with Crippen molar-refractivity contribution in [3.63, 3.8) is 0 Å². The summed E-state index contributed by atoms with van der Waals surface area (Å²) in [5, 5.41) is 7.42. The summed E-state index contributed by atoms with van der Waals surface area (Å²) < 4.78 is 16.3. The number of benzene rings is 1. The van der Waals surface area contributed by atoms with Crippen LogP contribution in [0.15, 0.2) is 34.9 Å². The first-order chi connectivity index (χ1) is 10.4. The van der Waals surface area contributed by atoms with Crippen molar-refractivity contribution in [2.75, 3.05) is 26.9 Å². The van der Waals surface area contributed by atoms with Gasteiger partial charge in [0.25, 0.3) is 0 Å². The number of methoxy groups -OCH3 is 1. The third-order valence-corrected chi connectivity index (χ3v) is 3.48. The minimum atomic E-state index is -0.306. The van der Waals surface area contributed by atoms with Crippen LogP contribution in [0, 0.1) is 0 Å². The number of hydrogen-bond donors (Lipinski definition) is 1. The van der Waals surface area contributed by atoms with Crippen molar-refractivity contribution in [1.82, 2.24) is 15.5 Å². The number of morpholine rings is 1. The molecule has 0 spiro atoms. The van der Waals surface area contributed by atoms with Crippen LogP contribution in [0.3, 0.4) is 0 Å². The zero-order chi connectivity index (χ0) is 14.5. The fourth-order valence-corrected chi connectivity index (χ4v) is 2.44. The maximum Gasteiger partial charge on any atom is 0.228 e. The number of hydrogen-bond acceptors (Lipinski definition) is 6. The van der Waals surface area contributed by atoms with Gasteiger partial charge in [-0.05, 0) is 5.56 Å². The molecule has 1 saturated heterocycles. The van der Waals surface area contributed by atoms with E-state index in [2.05, 4.69) is 15.5 Å². The standard InChI is InChI=1S/C15H19N3O3/c1-19-14(11-5-3-2-4-6-11)15-17-13(21-18-15)9-12-10-20-8-7-16-12/h2-6,12,14,16H,7-10H2,1H3. The summed E-state index contributed by atoms with van der Waals surface area (Å²) in [7, 11) is 1.64. The van der Waals surface area contributed by atoms with Crippen LogP contribution in [0.5, 0.6) is 0 Å². The van der Waals surface area contributed by atoms with E-state index < -0.39 is 0 Å². The lowest BCUT2D eigenvalue weighted by molar-refractivity contribution is 0.0744. The maximum atomic E-state index is 5.50. The van der Waals surface area contributed by atoms with E-state index >= 15 is 0 Å². The second-order valence-corrected chi connectivity index (χ2v) is 5.00. The predicted octanol–water partition coefficient (Wildman–Crippen LogP) is 1.34. The summed E-state index contributed by atoms with van der Waals surface area (Å²) in [6, 6.07) is 10.1. The minimum Gasteiger partial charge on any atom is -0.378 e. The molecule has 0 saturated carbocycles. The minimum absolute atomic E-state index is 0.227. The molecule has 1 aliphatic heterocycles. The zero-order valence-corrected chi connectivity index (χ0v) is 12.0. The van der Waals surface area contributed by atoms with Crippen LogP contribution in [0.25, 0.3) is 0 Å². The van der Waals surface area contributed by atoms with Crippen LogP contribution in [0.1, 0.15) is 23.4 Å². The first kappa shape index (κ1) is 14.2. The van der Waals surface area contributed by atoms with Crippen LogP contribution in [0.4, 0.5) is 0 Å². The Morgan fingerprint density at radius 3 is 2.95 bits per heavy atom. The average Bonchev–Trinajstić information content (AvgIpc) is 2.98. The van der Waals surface area contributed by atoms with E-state index in [1.54, 1.807) is 7.11 Å². The first-order valence-electron chi connectivity index (χ1n) is 7.08. The van der Waals surface area contributed by atoms with E-state index in [9.17, 15) is 0 Å². The quantitative estimate of drug-likeness (QED) is 0.895. The predicted molar refractivity (Wildman–Crippen MR) is 75.9 cm³/mol. The lowest BCUT2D eigenvalue weighted by atomic mass is 10.1. The van der Waals surface area contributed by atoms with Gasteiger partial charge in [-0.3, -0.25) is 0 Å².